The molecule has 0 amide bonds. The highest BCUT2D eigenvalue weighted by atomic mass is 19.4. The van der Waals surface area contributed by atoms with Crippen molar-refractivity contribution in [3.8, 4) is 16.9 Å². The van der Waals surface area contributed by atoms with Crippen molar-refractivity contribution >= 4 is 5.69 Å². The maximum absolute atomic E-state index is 13.5. The number of anilines is 1. The van der Waals surface area contributed by atoms with Crippen molar-refractivity contribution in [2.45, 2.75) is 31.6 Å². The van der Waals surface area contributed by atoms with E-state index in [9.17, 15) is 17.6 Å². The second kappa shape index (κ2) is 9.54. The van der Waals surface area contributed by atoms with Crippen LogP contribution in [-0.4, -0.2) is 43.7 Å². The number of hydrogen-bond acceptors (Lipinski definition) is 7. The van der Waals surface area contributed by atoms with E-state index < -0.39 is 37.0 Å². The molecule has 3 unspecified atom stereocenters. The van der Waals surface area contributed by atoms with Gasteiger partial charge in [-0.3, -0.25) is 5.73 Å². The van der Waals surface area contributed by atoms with Crippen LogP contribution in [0.2, 0.25) is 0 Å². The van der Waals surface area contributed by atoms with Crippen molar-refractivity contribution in [2.24, 2.45) is 11.5 Å². The van der Waals surface area contributed by atoms with Gasteiger partial charge in [0.2, 0.25) is 0 Å². The van der Waals surface area contributed by atoms with Gasteiger partial charge in [0.1, 0.15) is 30.9 Å². The van der Waals surface area contributed by atoms with E-state index in [1.54, 1.807) is 40.2 Å². The second-order valence-corrected chi connectivity index (χ2v) is 8.77. The summed E-state index contributed by atoms with van der Waals surface area (Å²) >= 11 is 0. The van der Waals surface area contributed by atoms with Gasteiger partial charge in [-0.15, -0.1) is 0 Å². The molecule has 5 rings (SSSR count). The normalized spacial score (nSPS) is 19.1. The monoisotopic (exact) mass is 512 g/mol. The van der Waals surface area contributed by atoms with Crippen LogP contribution in [0.1, 0.15) is 30.4 Å². The molecule has 3 atom stereocenters. The van der Waals surface area contributed by atoms with Crippen molar-refractivity contribution in [3.05, 3.63) is 90.4 Å². The minimum absolute atomic E-state index is 0.249. The summed E-state index contributed by atoms with van der Waals surface area (Å²) in [5, 5.41) is 4.10. The van der Waals surface area contributed by atoms with E-state index in [-0.39, 0.29) is 5.69 Å². The summed E-state index contributed by atoms with van der Waals surface area (Å²) in [7, 11) is 0. The van der Waals surface area contributed by atoms with Gasteiger partial charge < -0.3 is 10.6 Å². The van der Waals surface area contributed by atoms with Gasteiger partial charge in [-0.05, 0) is 61.0 Å². The molecule has 0 saturated heterocycles. The maximum atomic E-state index is 13.5. The Morgan fingerprint density at radius 2 is 1.68 bits per heavy atom. The number of fused-ring (bicyclic) bond motifs is 1. The molecule has 0 saturated carbocycles. The molecule has 0 fully saturated rings. The second-order valence-electron chi connectivity index (χ2n) is 8.77. The molecule has 37 heavy (non-hydrogen) atoms. The van der Waals surface area contributed by atoms with Crippen LogP contribution in [0.25, 0.3) is 16.9 Å². The lowest BCUT2D eigenvalue weighted by atomic mass is 10.0. The summed E-state index contributed by atoms with van der Waals surface area (Å²) in [4.78, 5) is 11.2. The molecular formula is C25H24F4N8. The largest absolute Gasteiger partial charge is 0.401 e. The zero-order valence-electron chi connectivity index (χ0n) is 19.7. The van der Waals surface area contributed by atoms with E-state index in [1.807, 2.05) is 31.2 Å². The molecule has 2 aromatic carbocycles. The number of aromatic nitrogens is 4. The summed E-state index contributed by atoms with van der Waals surface area (Å²) in [5.41, 5.74) is 16.2. The van der Waals surface area contributed by atoms with E-state index in [2.05, 4.69) is 15.1 Å². The number of nitrogens with two attached hydrogens (primary N) is 2. The fraction of sp³-hybridized carbons (Fsp3) is 0.240. The first-order valence-corrected chi connectivity index (χ1v) is 11.5. The van der Waals surface area contributed by atoms with Gasteiger partial charge in [-0.1, -0.05) is 12.1 Å². The number of pyridine rings is 1. The van der Waals surface area contributed by atoms with Crippen LogP contribution in [0.3, 0.4) is 0 Å². The number of halogens is 4. The zero-order chi connectivity index (χ0) is 26.3. The van der Waals surface area contributed by atoms with E-state index >= 15 is 0 Å². The van der Waals surface area contributed by atoms with E-state index in [0.717, 1.165) is 16.2 Å². The van der Waals surface area contributed by atoms with Gasteiger partial charge in [0.25, 0.3) is 0 Å². The summed E-state index contributed by atoms with van der Waals surface area (Å²) < 4.78 is 55.6. The Morgan fingerprint density at radius 1 is 0.973 bits per heavy atom. The average molecular weight is 513 g/mol. The first-order chi connectivity index (χ1) is 17.6. The molecule has 0 aliphatic carbocycles. The molecule has 192 valence electrons. The third-order valence-corrected chi connectivity index (χ3v) is 6.42. The zero-order valence-corrected chi connectivity index (χ0v) is 19.7. The van der Waals surface area contributed by atoms with Crippen LogP contribution in [0.15, 0.2) is 73.3 Å². The number of rotatable bonds is 5. The lowest BCUT2D eigenvalue weighted by molar-refractivity contribution is -0.158. The fourth-order valence-electron chi connectivity index (χ4n) is 4.55. The van der Waals surface area contributed by atoms with Crippen molar-refractivity contribution in [1.82, 2.24) is 24.6 Å². The molecule has 1 aliphatic rings. The minimum Gasteiger partial charge on any atom is -0.335 e. The third kappa shape index (κ3) is 4.90. The number of hydrogen-bond donors (Lipinski definition) is 2. The first kappa shape index (κ1) is 24.8. The predicted molar refractivity (Wildman–Crippen MR) is 130 cm³/mol. The van der Waals surface area contributed by atoms with Crippen LogP contribution in [0, 0.1) is 5.82 Å². The van der Waals surface area contributed by atoms with Gasteiger partial charge in [-0.2, -0.15) is 18.3 Å². The Labute approximate surface area is 210 Å². The van der Waals surface area contributed by atoms with Crippen LogP contribution < -0.4 is 16.4 Å². The smallest absolute Gasteiger partial charge is 0.335 e. The standard InChI is InChI=1S/C25H24F4N8/c1-15(16-4-8-19(9-5-16)36-14-32-13-33-36)37-21-11-10-20(17-2-6-18(26)7-3-17)34-22(21)23(30)35(24(37)31)12-25(27,28)29/h2-11,13-15,23-24H,12,30-31H2,1H3. The van der Waals surface area contributed by atoms with Crippen LogP contribution >= 0.6 is 0 Å². The summed E-state index contributed by atoms with van der Waals surface area (Å²) in [6, 6.07) is 16.1. The highest BCUT2D eigenvalue weighted by Gasteiger charge is 2.44. The Balaban J connectivity index is 1.55. The highest BCUT2D eigenvalue weighted by molar-refractivity contribution is 5.65. The molecule has 0 radical (unpaired) electrons. The molecular weight excluding hydrogens is 488 g/mol. The summed E-state index contributed by atoms with van der Waals surface area (Å²) in [6.45, 7) is 0.538. The number of nitrogens with zero attached hydrogens (tertiary/aromatic N) is 6. The SMILES string of the molecule is CC(c1ccc(-n2cncn2)cc1)N1c2ccc(-c3ccc(F)cc3)nc2C(N)N(CC(F)(F)F)C1N. The molecule has 3 heterocycles. The van der Waals surface area contributed by atoms with Gasteiger partial charge in [0.15, 0.2) is 0 Å². The predicted octanol–water partition coefficient (Wildman–Crippen LogP) is 4.11. The molecule has 0 bridgehead atoms. The lowest BCUT2D eigenvalue weighted by Gasteiger charge is -2.49. The molecule has 0 spiro atoms. The van der Waals surface area contributed by atoms with Crippen molar-refractivity contribution < 1.29 is 17.6 Å². The van der Waals surface area contributed by atoms with Crippen LogP contribution in [0.5, 0.6) is 0 Å². The Morgan fingerprint density at radius 3 is 2.30 bits per heavy atom. The Kier molecular flexibility index (Phi) is 6.40. The lowest BCUT2D eigenvalue weighted by Crippen LogP contribution is -2.63. The van der Waals surface area contributed by atoms with E-state index in [1.165, 1.54) is 18.5 Å². The van der Waals surface area contributed by atoms with Crippen molar-refractivity contribution in [3.63, 3.8) is 0 Å². The van der Waals surface area contributed by atoms with Gasteiger partial charge in [-0.25, -0.2) is 23.9 Å². The van der Waals surface area contributed by atoms with E-state index in [4.69, 9.17) is 11.5 Å². The first-order valence-electron chi connectivity index (χ1n) is 11.5. The number of benzene rings is 2. The Bertz CT molecular complexity index is 1360. The van der Waals surface area contributed by atoms with Crippen molar-refractivity contribution in [2.75, 3.05) is 11.4 Å². The third-order valence-electron chi connectivity index (χ3n) is 6.42. The highest BCUT2D eigenvalue weighted by Crippen LogP contribution is 2.41. The quantitative estimate of drug-likeness (QED) is 0.388. The summed E-state index contributed by atoms with van der Waals surface area (Å²) in [6.07, 6.45) is -3.92. The molecule has 12 heteroatoms. The molecule has 2 aromatic heterocycles. The van der Waals surface area contributed by atoms with Crippen molar-refractivity contribution in [1.29, 1.82) is 0 Å². The summed E-state index contributed by atoms with van der Waals surface area (Å²) in [5.74, 6) is -0.407. The van der Waals surface area contributed by atoms with E-state index in [0.29, 0.717) is 16.9 Å². The fourth-order valence-corrected chi connectivity index (χ4v) is 4.55. The molecule has 1 aliphatic heterocycles. The molecule has 4 N–H and O–H groups in total. The van der Waals surface area contributed by atoms with Crippen LogP contribution in [0.4, 0.5) is 23.2 Å². The average Bonchev–Trinajstić information content (AvgIpc) is 3.42. The van der Waals surface area contributed by atoms with Gasteiger partial charge in [0, 0.05) is 5.56 Å². The topological polar surface area (TPSA) is 102 Å². The minimum atomic E-state index is -4.53. The van der Waals surface area contributed by atoms with Gasteiger partial charge >= 0.3 is 6.18 Å². The maximum Gasteiger partial charge on any atom is 0.401 e. The number of alkyl halides is 3. The van der Waals surface area contributed by atoms with Gasteiger partial charge in [0.05, 0.1) is 35.3 Å². The molecule has 4 aromatic rings. The Hall–Kier alpha value is -3.87. The molecule has 8 nitrogen and oxygen atoms in total. The van der Waals surface area contributed by atoms with Crippen LogP contribution in [-0.2, 0) is 0 Å².